The summed E-state index contributed by atoms with van der Waals surface area (Å²) in [6.07, 6.45) is 2.10. The molecule has 1 unspecified atom stereocenters. The average Bonchev–Trinajstić information content (AvgIpc) is 2.70. The third-order valence-corrected chi connectivity index (χ3v) is 3.11. The molecule has 1 aromatic heterocycles. The number of nitrogens with zero attached hydrogens (tertiary/aromatic N) is 3. The Morgan fingerprint density at radius 1 is 1.47 bits per heavy atom. The molecule has 0 bridgehead atoms. The van der Waals surface area contributed by atoms with Gasteiger partial charge in [-0.3, -0.25) is 4.79 Å². The molecule has 0 saturated carbocycles. The van der Waals surface area contributed by atoms with Gasteiger partial charge in [0.2, 0.25) is 17.7 Å². The van der Waals surface area contributed by atoms with Gasteiger partial charge in [0.25, 0.3) is 0 Å². The van der Waals surface area contributed by atoms with Crippen LogP contribution in [0.5, 0.6) is 5.88 Å². The minimum absolute atomic E-state index is 0.0406. The molecule has 1 amide bonds. The van der Waals surface area contributed by atoms with Gasteiger partial charge < -0.3 is 15.0 Å². The number of aromatic nitrogens is 2. The Kier molecular flexibility index (Phi) is 3.59. The molecule has 0 spiro atoms. The molecule has 19 heavy (non-hydrogen) atoms. The van der Waals surface area contributed by atoms with E-state index < -0.39 is 0 Å². The van der Waals surface area contributed by atoms with Gasteiger partial charge in [-0.1, -0.05) is 0 Å². The van der Waals surface area contributed by atoms with Gasteiger partial charge >= 0.3 is 0 Å². The summed E-state index contributed by atoms with van der Waals surface area (Å²) in [5.41, 5.74) is -0.150. The minimum Gasteiger partial charge on any atom is -0.481 e. The Labute approximate surface area is 113 Å². The van der Waals surface area contributed by atoms with E-state index in [1.165, 1.54) is 0 Å². The van der Waals surface area contributed by atoms with E-state index >= 15 is 0 Å². The van der Waals surface area contributed by atoms with Crippen molar-refractivity contribution in [1.29, 1.82) is 0 Å². The molecule has 104 valence electrons. The zero-order chi connectivity index (χ0) is 14.0. The maximum absolute atomic E-state index is 12.0. The number of amides is 1. The number of ether oxygens (including phenoxy) is 1. The average molecular weight is 264 g/mol. The number of likely N-dealkylation sites (tertiary alicyclic amines) is 1. The molecule has 1 aromatic rings. The molecule has 1 aliphatic rings. The van der Waals surface area contributed by atoms with E-state index in [-0.39, 0.29) is 17.5 Å². The number of rotatable bonds is 3. The van der Waals surface area contributed by atoms with Crippen LogP contribution in [-0.4, -0.2) is 46.0 Å². The molecule has 1 N–H and O–H groups in total. The maximum atomic E-state index is 12.0. The van der Waals surface area contributed by atoms with Crippen LogP contribution < -0.4 is 10.1 Å². The van der Waals surface area contributed by atoms with Gasteiger partial charge in [-0.2, -0.15) is 4.98 Å². The molecule has 1 atom stereocenters. The van der Waals surface area contributed by atoms with Crippen molar-refractivity contribution >= 4 is 11.9 Å². The standard InChI is InChI=1S/C13H20N4O2/c1-13(2,3)17-8-9(7-11(17)18)15-12-14-6-5-10(16-12)19-4/h5-6,9H,7-8H2,1-4H3,(H,14,15,16). The number of hydrogen-bond acceptors (Lipinski definition) is 5. The predicted octanol–water partition coefficient (Wildman–Crippen LogP) is 1.30. The Balaban J connectivity index is 2.03. The Morgan fingerprint density at radius 2 is 2.21 bits per heavy atom. The van der Waals surface area contributed by atoms with Crippen molar-refractivity contribution < 1.29 is 9.53 Å². The zero-order valence-electron chi connectivity index (χ0n) is 11.8. The maximum Gasteiger partial charge on any atom is 0.226 e. The molecular formula is C13H20N4O2. The third kappa shape index (κ3) is 3.13. The van der Waals surface area contributed by atoms with Gasteiger partial charge in [0.1, 0.15) is 0 Å². The van der Waals surface area contributed by atoms with E-state index in [2.05, 4.69) is 15.3 Å². The van der Waals surface area contributed by atoms with Crippen LogP contribution >= 0.6 is 0 Å². The quantitative estimate of drug-likeness (QED) is 0.891. The number of hydrogen-bond donors (Lipinski definition) is 1. The SMILES string of the molecule is COc1ccnc(NC2CC(=O)N(C(C)(C)C)C2)n1. The van der Waals surface area contributed by atoms with Gasteiger partial charge in [-0.15, -0.1) is 0 Å². The van der Waals surface area contributed by atoms with Crippen LogP contribution in [0.4, 0.5) is 5.95 Å². The summed E-state index contributed by atoms with van der Waals surface area (Å²) < 4.78 is 5.05. The van der Waals surface area contributed by atoms with Gasteiger partial charge in [0.05, 0.1) is 13.2 Å². The first-order valence-electron chi connectivity index (χ1n) is 6.34. The van der Waals surface area contributed by atoms with E-state index in [9.17, 15) is 4.79 Å². The molecule has 6 nitrogen and oxygen atoms in total. The van der Waals surface area contributed by atoms with Crippen molar-refractivity contribution in [3.63, 3.8) is 0 Å². The summed E-state index contributed by atoms with van der Waals surface area (Å²) in [5.74, 6) is 1.16. The van der Waals surface area contributed by atoms with Gasteiger partial charge in [-0.25, -0.2) is 4.98 Å². The minimum atomic E-state index is -0.150. The second kappa shape index (κ2) is 5.03. The van der Waals surface area contributed by atoms with E-state index in [4.69, 9.17) is 4.74 Å². The van der Waals surface area contributed by atoms with Crippen molar-refractivity contribution in [2.75, 3.05) is 19.0 Å². The van der Waals surface area contributed by atoms with Crippen molar-refractivity contribution in [2.24, 2.45) is 0 Å². The summed E-state index contributed by atoms with van der Waals surface area (Å²) in [5, 5.41) is 3.18. The molecule has 1 saturated heterocycles. The smallest absolute Gasteiger partial charge is 0.226 e. The highest BCUT2D eigenvalue weighted by molar-refractivity contribution is 5.80. The summed E-state index contributed by atoms with van der Waals surface area (Å²) in [7, 11) is 1.56. The molecule has 0 radical (unpaired) electrons. The summed E-state index contributed by atoms with van der Waals surface area (Å²) in [6.45, 7) is 6.78. The van der Waals surface area contributed by atoms with Crippen LogP contribution in [0.25, 0.3) is 0 Å². The zero-order valence-corrected chi connectivity index (χ0v) is 11.8. The Hall–Kier alpha value is -1.85. The van der Waals surface area contributed by atoms with Gasteiger partial charge in [0.15, 0.2) is 0 Å². The largest absolute Gasteiger partial charge is 0.481 e. The lowest BCUT2D eigenvalue weighted by molar-refractivity contribution is -0.131. The number of methoxy groups -OCH3 is 1. The van der Waals surface area contributed by atoms with Crippen LogP contribution in [0.2, 0.25) is 0 Å². The highest BCUT2D eigenvalue weighted by atomic mass is 16.5. The van der Waals surface area contributed by atoms with Crippen molar-refractivity contribution in [1.82, 2.24) is 14.9 Å². The summed E-state index contributed by atoms with van der Waals surface area (Å²) >= 11 is 0. The lowest BCUT2D eigenvalue weighted by Gasteiger charge is -2.32. The van der Waals surface area contributed by atoms with Crippen LogP contribution in [-0.2, 0) is 4.79 Å². The molecule has 0 aromatic carbocycles. The molecule has 6 heteroatoms. The number of anilines is 1. The first-order chi connectivity index (χ1) is 8.90. The van der Waals surface area contributed by atoms with E-state index in [0.717, 1.165) is 0 Å². The van der Waals surface area contributed by atoms with Gasteiger partial charge in [0, 0.05) is 30.8 Å². The number of nitrogens with one attached hydrogen (secondary N) is 1. The van der Waals surface area contributed by atoms with Crippen molar-refractivity contribution in [3.8, 4) is 5.88 Å². The fourth-order valence-corrected chi connectivity index (χ4v) is 2.16. The van der Waals surface area contributed by atoms with E-state index in [0.29, 0.717) is 24.8 Å². The fraction of sp³-hybridized carbons (Fsp3) is 0.615. The first kappa shape index (κ1) is 13.6. The fourth-order valence-electron chi connectivity index (χ4n) is 2.16. The van der Waals surface area contributed by atoms with Gasteiger partial charge in [-0.05, 0) is 20.8 Å². The van der Waals surface area contributed by atoms with Crippen LogP contribution in [0.15, 0.2) is 12.3 Å². The molecule has 1 fully saturated rings. The van der Waals surface area contributed by atoms with Crippen molar-refractivity contribution in [3.05, 3.63) is 12.3 Å². The molecular weight excluding hydrogens is 244 g/mol. The van der Waals surface area contributed by atoms with Crippen LogP contribution in [0, 0.1) is 0 Å². The second-order valence-corrected chi connectivity index (χ2v) is 5.64. The summed E-state index contributed by atoms with van der Waals surface area (Å²) in [6, 6.07) is 1.73. The highest BCUT2D eigenvalue weighted by Crippen LogP contribution is 2.23. The summed E-state index contributed by atoms with van der Waals surface area (Å²) in [4.78, 5) is 22.2. The van der Waals surface area contributed by atoms with Crippen LogP contribution in [0.1, 0.15) is 27.2 Å². The molecule has 2 heterocycles. The Bertz CT molecular complexity index is 470. The molecule has 2 rings (SSSR count). The lowest BCUT2D eigenvalue weighted by Crippen LogP contribution is -2.43. The van der Waals surface area contributed by atoms with Crippen LogP contribution in [0.3, 0.4) is 0 Å². The second-order valence-electron chi connectivity index (χ2n) is 5.64. The monoisotopic (exact) mass is 264 g/mol. The van der Waals surface area contributed by atoms with Crippen molar-refractivity contribution in [2.45, 2.75) is 38.8 Å². The molecule has 1 aliphatic heterocycles. The normalized spacial score (nSPS) is 19.7. The highest BCUT2D eigenvalue weighted by Gasteiger charge is 2.36. The first-order valence-corrected chi connectivity index (χ1v) is 6.34. The number of carbonyl (C=O) groups is 1. The molecule has 0 aliphatic carbocycles. The third-order valence-electron chi connectivity index (χ3n) is 3.11. The topological polar surface area (TPSA) is 67.3 Å². The predicted molar refractivity (Wildman–Crippen MR) is 72.1 cm³/mol. The van der Waals surface area contributed by atoms with E-state index in [1.54, 1.807) is 19.4 Å². The van der Waals surface area contributed by atoms with E-state index in [1.807, 2.05) is 25.7 Å². The number of carbonyl (C=O) groups excluding carboxylic acids is 1. The Morgan fingerprint density at radius 3 is 2.79 bits per heavy atom. The lowest BCUT2D eigenvalue weighted by atomic mass is 10.1.